The number of ether oxygens (including phenoxy) is 4. The molecule has 13 nitrogen and oxygen atoms in total. The number of aliphatic hydroxyl groups is 1. The van der Waals surface area contributed by atoms with Crippen molar-refractivity contribution in [2.24, 2.45) is 5.92 Å². The zero-order valence-corrected chi connectivity index (χ0v) is 33.4. The number of aliphatic hydroxyl groups excluding tert-OH is 1. The second-order valence-electron chi connectivity index (χ2n) is 14.8. The third-order valence-corrected chi connectivity index (χ3v) is 15.6. The molecule has 0 aliphatic carbocycles. The van der Waals surface area contributed by atoms with E-state index in [2.05, 4.69) is 47.8 Å². The topological polar surface area (TPSA) is 154 Å². The highest BCUT2D eigenvalue weighted by atomic mass is 28.3. The first-order chi connectivity index (χ1) is 26.5. The number of anilines is 2. The monoisotopic (exact) mass is 769 g/mol. The number of benzene rings is 3. The van der Waals surface area contributed by atoms with Crippen molar-refractivity contribution >= 4 is 42.4 Å². The molecule has 2 aliphatic rings. The number of fused-ring (bicyclic) bond motifs is 2. The van der Waals surface area contributed by atoms with Crippen molar-refractivity contribution in [2.45, 2.75) is 75.9 Å². The second kappa shape index (κ2) is 16.8. The van der Waals surface area contributed by atoms with Crippen LogP contribution >= 0.6 is 0 Å². The summed E-state index contributed by atoms with van der Waals surface area (Å²) in [5.74, 6) is 0.424. The summed E-state index contributed by atoms with van der Waals surface area (Å²) in [5, 5.41) is 22.2. The van der Waals surface area contributed by atoms with Gasteiger partial charge in [-0.15, -0.1) is 5.10 Å². The molecule has 2 amide bonds. The standard InChI is InChI=1S/C41H51N5O8Si/c1-27-38(55(5,6)33-17-15-32(52-3)16-18-33)36(20-23-45-26-30(21-24-47)43-44-45)54-41(27)34-25-29(42-39(49)28-10-13-31(51-2)14-11-28)12-19-35(34)46(40(41)50)22-8-7-9-37(48)53-4/h10-19,25-27,36,38,47H,7-9,20-24H2,1-6H3,(H,42,49)/t27-,36+,38-,41+/m0/s1. The van der Waals surface area contributed by atoms with Crippen LogP contribution in [0.2, 0.25) is 18.6 Å². The van der Waals surface area contributed by atoms with Crippen LogP contribution in [-0.2, 0) is 37.6 Å². The minimum absolute atomic E-state index is 0.0164. The number of aryl methyl sites for hydroxylation is 1. The Labute approximate surface area is 322 Å². The number of methoxy groups -OCH3 is 3. The number of carbonyl (C=O) groups is 3. The molecule has 0 saturated carbocycles. The summed E-state index contributed by atoms with van der Waals surface area (Å²) >= 11 is 0. The number of unbranched alkanes of at least 4 members (excludes halogenated alkanes) is 1. The molecule has 0 bridgehead atoms. The van der Waals surface area contributed by atoms with Crippen LogP contribution in [0.25, 0.3) is 0 Å². The summed E-state index contributed by atoms with van der Waals surface area (Å²) in [6.45, 7) is 7.67. The van der Waals surface area contributed by atoms with E-state index in [9.17, 15) is 14.7 Å². The van der Waals surface area contributed by atoms with Crippen molar-refractivity contribution in [1.29, 1.82) is 0 Å². The number of carbonyl (C=O) groups excluding carboxylic acids is 3. The molecule has 55 heavy (non-hydrogen) atoms. The van der Waals surface area contributed by atoms with Gasteiger partial charge in [-0.05, 0) is 79.4 Å². The molecule has 0 unspecified atom stereocenters. The molecular formula is C41H51N5O8Si. The number of hydrogen-bond donors (Lipinski definition) is 2. The zero-order valence-electron chi connectivity index (χ0n) is 32.4. The molecule has 14 heteroatoms. The van der Waals surface area contributed by atoms with E-state index in [4.69, 9.17) is 18.9 Å². The highest BCUT2D eigenvalue weighted by Gasteiger charge is 2.66. The van der Waals surface area contributed by atoms with E-state index in [1.807, 2.05) is 36.5 Å². The summed E-state index contributed by atoms with van der Waals surface area (Å²) in [7, 11) is 2.18. The van der Waals surface area contributed by atoms with E-state index in [1.165, 1.54) is 12.3 Å². The normalized spacial score (nSPS) is 20.5. The van der Waals surface area contributed by atoms with Crippen molar-refractivity contribution in [2.75, 3.05) is 44.7 Å². The van der Waals surface area contributed by atoms with Crippen LogP contribution < -0.4 is 24.9 Å². The molecule has 292 valence electrons. The first kappa shape index (κ1) is 39.6. The van der Waals surface area contributed by atoms with Crippen LogP contribution in [0.3, 0.4) is 0 Å². The zero-order chi connectivity index (χ0) is 39.3. The highest BCUT2D eigenvalue weighted by molar-refractivity contribution is 6.91. The summed E-state index contributed by atoms with van der Waals surface area (Å²) in [6.07, 6.45) is 3.90. The number of nitrogens with one attached hydrogen (secondary N) is 1. The Balaban J connectivity index is 1.40. The van der Waals surface area contributed by atoms with Crippen molar-refractivity contribution < 1.29 is 38.4 Å². The lowest BCUT2D eigenvalue weighted by Gasteiger charge is -2.37. The van der Waals surface area contributed by atoms with Gasteiger partial charge in [-0.25, -0.2) is 0 Å². The SMILES string of the molecule is COC(=O)CCCCN1C(=O)[C@]2(O[C@H](CCn3cc(CCO)nn3)[C@@H]([Si](C)(C)c3ccc(OC)cc3)[C@@H]2C)c2cc(NC(=O)c3ccc(OC)cc3)ccc21. The molecule has 2 N–H and O–H groups in total. The molecular weight excluding hydrogens is 719 g/mol. The van der Waals surface area contributed by atoms with Crippen LogP contribution in [-0.4, -0.2) is 86.5 Å². The minimum atomic E-state index is -2.42. The summed E-state index contributed by atoms with van der Waals surface area (Å²) in [4.78, 5) is 42.3. The van der Waals surface area contributed by atoms with Crippen LogP contribution in [0.1, 0.15) is 54.2 Å². The molecule has 3 heterocycles. The van der Waals surface area contributed by atoms with E-state index >= 15 is 4.79 Å². The molecule has 2 aliphatic heterocycles. The third kappa shape index (κ3) is 7.89. The van der Waals surface area contributed by atoms with Crippen molar-refractivity contribution in [3.8, 4) is 11.5 Å². The summed E-state index contributed by atoms with van der Waals surface area (Å²) in [6, 6.07) is 20.7. The molecule has 1 aromatic heterocycles. The maximum atomic E-state index is 15.1. The quantitative estimate of drug-likeness (QED) is 0.0897. The van der Waals surface area contributed by atoms with Crippen LogP contribution in [0, 0.1) is 5.92 Å². The molecule has 6 rings (SSSR count). The lowest BCUT2D eigenvalue weighted by atomic mass is 9.82. The van der Waals surface area contributed by atoms with Crippen LogP contribution in [0.5, 0.6) is 11.5 Å². The largest absolute Gasteiger partial charge is 0.497 e. The lowest BCUT2D eigenvalue weighted by Crippen LogP contribution is -2.52. The molecule has 4 atom stereocenters. The van der Waals surface area contributed by atoms with Crippen molar-refractivity contribution in [3.63, 3.8) is 0 Å². The molecule has 3 aromatic carbocycles. The van der Waals surface area contributed by atoms with Crippen molar-refractivity contribution in [1.82, 2.24) is 15.0 Å². The number of rotatable bonds is 16. The minimum Gasteiger partial charge on any atom is -0.497 e. The van der Waals surface area contributed by atoms with Gasteiger partial charge in [0.25, 0.3) is 11.8 Å². The fourth-order valence-corrected chi connectivity index (χ4v) is 12.5. The third-order valence-electron chi connectivity index (χ3n) is 11.3. The maximum absolute atomic E-state index is 15.1. The van der Waals surface area contributed by atoms with Crippen LogP contribution in [0.15, 0.2) is 72.9 Å². The summed E-state index contributed by atoms with van der Waals surface area (Å²) in [5.41, 5.74) is 1.79. The first-order valence-corrected chi connectivity index (χ1v) is 21.9. The first-order valence-electron chi connectivity index (χ1n) is 18.8. The van der Waals surface area contributed by atoms with Gasteiger partial charge in [-0.3, -0.25) is 19.1 Å². The van der Waals surface area contributed by atoms with Gasteiger partial charge in [0.05, 0.1) is 46.9 Å². The van der Waals surface area contributed by atoms with Gasteiger partial charge in [0, 0.05) is 61.5 Å². The Kier molecular flexibility index (Phi) is 12.1. The Bertz CT molecular complexity index is 1990. The van der Waals surface area contributed by atoms with Gasteiger partial charge in [-0.1, -0.05) is 42.6 Å². The fourth-order valence-electron chi connectivity index (χ4n) is 8.41. The number of amides is 2. The highest BCUT2D eigenvalue weighted by Crippen LogP contribution is 2.60. The maximum Gasteiger partial charge on any atom is 0.305 e. The molecule has 0 radical (unpaired) electrons. The van der Waals surface area contributed by atoms with Crippen molar-refractivity contribution in [3.05, 3.63) is 89.7 Å². The molecule has 1 saturated heterocycles. The molecule has 1 spiro atoms. The Morgan fingerprint density at radius 2 is 1.65 bits per heavy atom. The Morgan fingerprint density at radius 3 is 2.31 bits per heavy atom. The Morgan fingerprint density at radius 1 is 0.964 bits per heavy atom. The van der Waals surface area contributed by atoms with E-state index in [1.54, 1.807) is 48.1 Å². The van der Waals surface area contributed by atoms with E-state index in [0.717, 1.165) is 11.4 Å². The lowest BCUT2D eigenvalue weighted by molar-refractivity contribution is -0.146. The molecule has 1 fully saturated rings. The van der Waals surface area contributed by atoms with Gasteiger partial charge in [0.2, 0.25) is 0 Å². The predicted octanol–water partition coefficient (Wildman–Crippen LogP) is 5.08. The second-order valence-corrected chi connectivity index (χ2v) is 19.5. The smallest absolute Gasteiger partial charge is 0.305 e. The van der Waals surface area contributed by atoms with Gasteiger partial charge in [-0.2, -0.15) is 0 Å². The van der Waals surface area contributed by atoms with E-state index < -0.39 is 13.7 Å². The number of aromatic nitrogens is 3. The average molecular weight is 770 g/mol. The fraction of sp³-hybridized carbons (Fsp3) is 0.439. The average Bonchev–Trinajstić information content (AvgIpc) is 3.84. The number of hydrogen-bond acceptors (Lipinski definition) is 10. The summed E-state index contributed by atoms with van der Waals surface area (Å²) < 4.78 is 24.6. The van der Waals surface area contributed by atoms with Gasteiger partial charge in [0.1, 0.15) is 11.5 Å². The van der Waals surface area contributed by atoms with E-state index in [-0.39, 0.29) is 48.4 Å². The van der Waals surface area contributed by atoms with Crippen LogP contribution in [0.4, 0.5) is 11.4 Å². The van der Waals surface area contributed by atoms with E-state index in [0.29, 0.717) is 67.0 Å². The Hall–Kier alpha value is -5.05. The number of esters is 1. The molecule has 4 aromatic rings. The predicted molar refractivity (Wildman–Crippen MR) is 211 cm³/mol. The van der Waals surface area contributed by atoms with Gasteiger partial charge in [0.15, 0.2) is 5.60 Å². The number of nitrogens with zero attached hydrogens (tertiary/aromatic N) is 4. The van der Waals surface area contributed by atoms with Gasteiger partial charge < -0.3 is 34.3 Å². The van der Waals surface area contributed by atoms with Gasteiger partial charge >= 0.3 is 5.97 Å².